The third-order valence-electron chi connectivity index (χ3n) is 2.59. The van der Waals surface area contributed by atoms with Crippen LogP contribution in [0, 0.1) is 11.7 Å². The summed E-state index contributed by atoms with van der Waals surface area (Å²) in [4.78, 5) is 0. The van der Waals surface area contributed by atoms with Gasteiger partial charge in [0.1, 0.15) is 5.82 Å². The van der Waals surface area contributed by atoms with Crippen LogP contribution in [0.5, 0.6) is 0 Å². The van der Waals surface area contributed by atoms with Crippen LogP contribution in [0.4, 0.5) is 4.39 Å². The molecular weight excluding hydrogens is 229 g/mol. The van der Waals surface area contributed by atoms with Crippen LogP contribution in [0.1, 0.15) is 19.4 Å². The molecule has 1 atom stereocenters. The Morgan fingerprint density at radius 2 is 2.12 bits per heavy atom. The van der Waals surface area contributed by atoms with E-state index >= 15 is 0 Å². The minimum Gasteiger partial charge on any atom is -0.395 e. The van der Waals surface area contributed by atoms with Gasteiger partial charge < -0.3 is 10.4 Å². The van der Waals surface area contributed by atoms with Crippen molar-refractivity contribution in [3.63, 3.8) is 0 Å². The molecule has 0 unspecified atom stereocenters. The van der Waals surface area contributed by atoms with Crippen LogP contribution in [0.15, 0.2) is 18.2 Å². The fourth-order valence-electron chi connectivity index (χ4n) is 1.44. The van der Waals surface area contributed by atoms with Gasteiger partial charge in [-0.1, -0.05) is 37.6 Å². The van der Waals surface area contributed by atoms with Crippen molar-refractivity contribution in [2.24, 2.45) is 5.92 Å². The molecule has 90 valence electrons. The third kappa shape index (κ3) is 3.44. The van der Waals surface area contributed by atoms with Crippen LogP contribution in [0.2, 0.25) is 5.02 Å². The predicted molar refractivity (Wildman–Crippen MR) is 64.0 cm³/mol. The van der Waals surface area contributed by atoms with Gasteiger partial charge in [-0.25, -0.2) is 4.39 Å². The Kier molecular flexibility index (Phi) is 5.19. The molecule has 0 saturated carbocycles. The van der Waals surface area contributed by atoms with Crippen molar-refractivity contribution in [2.45, 2.75) is 26.4 Å². The van der Waals surface area contributed by atoms with Crippen LogP contribution in [-0.2, 0) is 6.54 Å². The summed E-state index contributed by atoms with van der Waals surface area (Å²) in [5.41, 5.74) is 0.709. The number of hydrogen-bond acceptors (Lipinski definition) is 2. The van der Waals surface area contributed by atoms with E-state index in [1.165, 1.54) is 6.07 Å². The molecular formula is C12H17ClFNO. The zero-order chi connectivity index (χ0) is 12.1. The molecule has 1 aromatic carbocycles. The lowest BCUT2D eigenvalue weighted by molar-refractivity contribution is 0.210. The van der Waals surface area contributed by atoms with Gasteiger partial charge in [0.2, 0.25) is 0 Å². The maximum absolute atomic E-state index is 13.1. The predicted octanol–water partition coefficient (Wildman–Crippen LogP) is 2.59. The Labute approximate surface area is 100 Å². The highest BCUT2D eigenvalue weighted by molar-refractivity contribution is 6.31. The maximum Gasteiger partial charge on any atom is 0.142 e. The third-order valence-corrected chi connectivity index (χ3v) is 3.01. The topological polar surface area (TPSA) is 32.3 Å². The summed E-state index contributed by atoms with van der Waals surface area (Å²) < 4.78 is 13.1. The Bertz CT molecular complexity index is 344. The van der Waals surface area contributed by atoms with E-state index in [1.54, 1.807) is 12.1 Å². The van der Waals surface area contributed by atoms with E-state index in [2.05, 4.69) is 5.32 Å². The lowest BCUT2D eigenvalue weighted by Crippen LogP contribution is -2.36. The first kappa shape index (κ1) is 13.4. The number of benzene rings is 1. The maximum atomic E-state index is 13.1. The monoisotopic (exact) mass is 245 g/mol. The van der Waals surface area contributed by atoms with Crippen LogP contribution >= 0.6 is 11.6 Å². The normalized spacial score (nSPS) is 13.1. The van der Waals surface area contributed by atoms with Crippen molar-refractivity contribution in [1.29, 1.82) is 0 Å². The molecule has 4 heteroatoms. The van der Waals surface area contributed by atoms with E-state index in [4.69, 9.17) is 16.7 Å². The van der Waals surface area contributed by atoms with E-state index in [1.807, 2.05) is 13.8 Å². The molecule has 1 aromatic rings. The minimum atomic E-state index is -0.411. The van der Waals surface area contributed by atoms with Crippen molar-refractivity contribution in [1.82, 2.24) is 5.32 Å². The Morgan fingerprint density at radius 1 is 1.44 bits per heavy atom. The molecule has 0 heterocycles. The van der Waals surface area contributed by atoms with E-state index in [9.17, 15) is 4.39 Å². The average molecular weight is 246 g/mol. The SMILES string of the molecule is CC(C)[C@@H](CO)NCc1cccc(F)c1Cl. The molecule has 1 rings (SSSR count). The van der Waals surface area contributed by atoms with Gasteiger partial charge >= 0.3 is 0 Å². The molecule has 2 N–H and O–H groups in total. The first-order valence-corrected chi connectivity index (χ1v) is 5.71. The summed E-state index contributed by atoms with van der Waals surface area (Å²) in [6, 6.07) is 4.73. The molecule has 0 bridgehead atoms. The van der Waals surface area contributed by atoms with E-state index in [-0.39, 0.29) is 17.7 Å². The van der Waals surface area contributed by atoms with E-state index < -0.39 is 5.82 Å². The van der Waals surface area contributed by atoms with E-state index in [0.717, 1.165) is 0 Å². The van der Waals surface area contributed by atoms with Gasteiger partial charge in [0.05, 0.1) is 11.6 Å². The molecule has 16 heavy (non-hydrogen) atoms. The Balaban J connectivity index is 2.64. The van der Waals surface area contributed by atoms with Crippen molar-refractivity contribution < 1.29 is 9.50 Å². The molecule has 0 aliphatic rings. The second-order valence-corrected chi connectivity index (χ2v) is 4.50. The van der Waals surface area contributed by atoms with Gasteiger partial charge in [-0.3, -0.25) is 0 Å². The second kappa shape index (κ2) is 6.18. The Morgan fingerprint density at radius 3 is 2.69 bits per heavy atom. The number of aliphatic hydroxyl groups is 1. The highest BCUT2D eigenvalue weighted by Gasteiger charge is 2.12. The van der Waals surface area contributed by atoms with Crippen molar-refractivity contribution in [3.05, 3.63) is 34.6 Å². The smallest absolute Gasteiger partial charge is 0.142 e. The summed E-state index contributed by atoms with van der Waals surface area (Å²) in [7, 11) is 0. The van der Waals surface area contributed by atoms with Crippen LogP contribution in [-0.4, -0.2) is 17.8 Å². The lowest BCUT2D eigenvalue weighted by Gasteiger charge is -2.20. The van der Waals surface area contributed by atoms with Gasteiger partial charge in [0.25, 0.3) is 0 Å². The lowest BCUT2D eigenvalue weighted by atomic mass is 10.1. The fraction of sp³-hybridized carbons (Fsp3) is 0.500. The Hall–Kier alpha value is -0.640. The molecule has 2 nitrogen and oxygen atoms in total. The summed E-state index contributed by atoms with van der Waals surface area (Å²) in [5, 5.41) is 12.4. The minimum absolute atomic E-state index is 0.000617. The summed E-state index contributed by atoms with van der Waals surface area (Å²) >= 11 is 5.82. The summed E-state index contributed by atoms with van der Waals surface area (Å²) in [6.45, 7) is 4.55. The fourth-order valence-corrected chi connectivity index (χ4v) is 1.63. The van der Waals surface area contributed by atoms with Gasteiger partial charge in [0.15, 0.2) is 0 Å². The number of halogens is 2. The first-order chi connectivity index (χ1) is 7.56. The molecule has 0 fully saturated rings. The zero-order valence-corrected chi connectivity index (χ0v) is 10.3. The van der Waals surface area contributed by atoms with Gasteiger partial charge in [-0.15, -0.1) is 0 Å². The number of aliphatic hydroxyl groups excluding tert-OH is 1. The molecule has 0 amide bonds. The first-order valence-electron chi connectivity index (χ1n) is 5.33. The van der Waals surface area contributed by atoms with Crippen LogP contribution in [0.25, 0.3) is 0 Å². The average Bonchev–Trinajstić information content (AvgIpc) is 2.24. The molecule has 0 saturated heterocycles. The van der Waals surface area contributed by atoms with Crippen LogP contribution in [0.3, 0.4) is 0 Å². The van der Waals surface area contributed by atoms with Crippen molar-refractivity contribution in [3.8, 4) is 0 Å². The van der Waals surface area contributed by atoms with Gasteiger partial charge in [0, 0.05) is 12.6 Å². The molecule has 0 aromatic heterocycles. The standard InChI is InChI=1S/C12H17ClFNO/c1-8(2)11(7-16)15-6-9-4-3-5-10(14)12(9)13/h3-5,8,11,15-16H,6-7H2,1-2H3/t11-/m1/s1. The summed E-state index contributed by atoms with van der Waals surface area (Å²) in [6.07, 6.45) is 0. The molecule has 0 aliphatic heterocycles. The van der Waals surface area contributed by atoms with E-state index in [0.29, 0.717) is 18.0 Å². The molecule has 0 spiro atoms. The number of nitrogens with one attached hydrogen (secondary N) is 1. The zero-order valence-electron chi connectivity index (χ0n) is 9.50. The molecule has 0 radical (unpaired) electrons. The second-order valence-electron chi connectivity index (χ2n) is 4.13. The van der Waals surface area contributed by atoms with Crippen molar-refractivity contribution in [2.75, 3.05) is 6.61 Å². The highest BCUT2D eigenvalue weighted by Crippen LogP contribution is 2.19. The number of hydrogen-bond donors (Lipinski definition) is 2. The van der Waals surface area contributed by atoms with Crippen LogP contribution < -0.4 is 5.32 Å². The van der Waals surface area contributed by atoms with Gasteiger partial charge in [-0.05, 0) is 17.5 Å². The van der Waals surface area contributed by atoms with Crippen molar-refractivity contribution >= 4 is 11.6 Å². The van der Waals surface area contributed by atoms with Gasteiger partial charge in [-0.2, -0.15) is 0 Å². The number of rotatable bonds is 5. The molecule has 0 aliphatic carbocycles. The summed E-state index contributed by atoms with van der Waals surface area (Å²) in [5.74, 6) is -0.0941. The largest absolute Gasteiger partial charge is 0.395 e. The quantitative estimate of drug-likeness (QED) is 0.836. The highest BCUT2D eigenvalue weighted by atomic mass is 35.5.